The molecule has 1 aliphatic carbocycles. The van der Waals surface area contributed by atoms with Gasteiger partial charge in [-0.25, -0.2) is 9.59 Å². The summed E-state index contributed by atoms with van der Waals surface area (Å²) in [5.41, 5.74) is 0. The predicted octanol–water partition coefficient (Wildman–Crippen LogP) is 0.939. The Morgan fingerprint density at radius 1 is 1.05 bits per heavy atom. The number of aliphatic carboxylic acids is 1. The summed E-state index contributed by atoms with van der Waals surface area (Å²) < 4.78 is 0. The molecule has 3 N–H and O–H groups in total. The largest absolute Gasteiger partial charge is 0.480 e. The second kappa shape index (κ2) is 6.23. The minimum absolute atomic E-state index is 0.245. The molecule has 0 radical (unpaired) electrons. The minimum Gasteiger partial charge on any atom is -0.480 e. The van der Waals surface area contributed by atoms with Crippen LogP contribution in [0.5, 0.6) is 0 Å². The van der Waals surface area contributed by atoms with Crippen LogP contribution in [0.2, 0.25) is 0 Å². The van der Waals surface area contributed by atoms with Gasteiger partial charge in [0.15, 0.2) is 0 Å². The fraction of sp³-hybridized carbons (Fsp3) is 0.846. The fourth-order valence-corrected chi connectivity index (χ4v) is 2.96. The van der Waals surface area contributed by atoms with Gasteiger partial charge in [0.2, 0.25) is 0 Å². The third kappa shape index (κ3) is 3.37. The summed E-state index contributed by atoms with van der Waals surface area (Å²) in [4.78, 5) is 24.6. The van der Waals surface area contributed by atoms with Gasteiger partial charge in [0.05, 0.1) is 12.1 Å². The molecule has 0 aromatic heterocycles. The summed E-state index contributed by atoms with van der Waals surface area (Å²) >= 11 is 0. The lowest BCUT2D eigenvalue weighted by atomic mass is 10.1. The van der Waals surface area contributed by atoms with E-state index in [-0.39, 0.29) is 12.1 Å². The highest BCUT2D eigenvalue weighted by Crippen LogP contribution is 2.21. The topological polar surface area (TPSA) is 89.9 Å². The van der Waals surface area contributed by atoms with Crippen LogP contribution in [0.1, 0.15) is 44.9 Å². The summed E-state index contributed by atoms with van der Waals surface area (Å²) in [5, 5.41) is 21.8. The Hall–Kier alpha value is -1.30. The Balaban J connectivity index is 1.94. The van der Waals surface area contributed by atoms with Gasteiger partial charge in [-0.05, 0) is 25.7 Å². The van der Waals surface area contributed by atoms with Crippen molar-refractivity contribution in [2.24, 2.45) is 0 Å². The predicted molar refractivity (Wildman–Crippen MR) is 68.8 cm³/mol. The number of carbonyl (C=O) groups excluding carboxylic acids is 1. The van der Waals surface area contributed by atoms with Crippen LogP contribution in [0.15, 0.2) is 0 Å². The van der Waals surface area contributed by atoms with E-state index in [0.29, 0.717) is 19.4 Å². The number of carboxylic acids is 1. The van der Waals surface area contributed by atoms with E-state index in [1.807, 2.05) is 0 Å². The lowest BCUT2D eigenvalue weighted by Crippen LogP contribution is -2.51. The van der Waals surface area contributed by atoms with E-state index in [9.17, 15) is 14.7 Å². The lowest BCUT2D eigenvalue weighted by molar-refractivity contribution is -0.141. The van der Waals surface area contributed by atoms with E-state index in [1.54, 1.807) is 0 Å². The first-order chi connectivity index (χ1) is 9.09. The normalized spacial score (nSPS) is 31.8. The molecule has 1 saturated carbocycles. The van der Waals surface area contributed by atoms with Gasteiger partial charge in [-0.1, -0.05) is 19.3 Å². The maximum absolute atomic E-state index is 12.1. The number of likely N-dealkylation sites (tertiary alicyclic amines) is 1. The molecule has 108 valence electrons. The molecule has 2 fully saturated rings. The summed E-state index contributed by atoms with van der Waals surface area (Å²) in [5.74, 6) is -0.950. The van der Waals surface area contributed by atoms with Gasteiger partial charge in [-0.2, -0.15) is 0 Å². The maximum atomic E-state index is 12.1. The zero-order chi connectivity index (χ0) is 13.8. The monoisotopic (exact) mass is 270 g/mol. The molecule has 6 nitrogen and oxygen atoms in total. The minimum atomic E-state index is -0.950. The van der Waals surface area contributed by atoms with Crippen molar-refractivity contribution in [3.63, 3.8) is 0 Å². The zero-order valence-corrected chi connectivity index (χ0v) is 11.0. The molecule has 2 rings (SSSR count). The number of hydrogen-bond donors (Lipinski definition) is 3. The van der Waals surface area contributed by atoms with Gasteiger partial charge in [0.25, 0.3) is 0 Å². The second-order valence-corrected chi connectivity index (χ2v) is 5.45. The molecular weight excluding hydrogens is 248 g/mol. The molecule has 1 heterocycles. The van der Waals surface area contributed by atoms with Crippen LogP contribution in [0.4, 0.5) is 4.79 Å². The van der Waals surface area contributed by atoms with E-state index in [4.69, 9.17) is 5.11 Å². The van der Waals surface area contributed by atoms with Gasteiger partial charge >= 0.3 is 12.0 Å². The van der Waals surface area contributed by atoms with Crippen molar-refractivity contribution in [3.8, 4) is 0 Å². The summed E-state index contributed by atoms with van der Waals surface area (Å²) in [7, 11) is 0. The molecule has 2 amide bonds. The molecule has 2 aliphatic rings. The second-order valence-electron chi connectivity index (χ2n) is 5.45. The third-order valence-corrected chi connectivity index (χ3v) is 4.09. The Morgan fingerprint density at radius 2 is 1.79 bits per heavy atom. The first kappa shape index (κ1) is 14.1. The average molecular weight is 270 g/mol. The van der Waals surface area contributed by atoms with E-state index in [1.165, 1.54) is 4.90 Å². The molecule has 2 unspecified atom stereocenters. The maximum Gasteiger partial charge on any atom is 0.326 e. The molecule has 0 aromatic rings. The highest BCUT2D eigenvalue weighted by Gasteiger charge is 2.35. The van der Waals surface area contributed by atoms with Crippen molar-refractivity contribution >= 4 is 12.0 Å². The van der Waals surface area contributed by atoms with Gasteiger partial charge in [-0.15, -0.1) is 0 Å². The van der Waals surface area contributed by atoms with E-state index in [2.05, 4.69) is 5.32 Å². The number of rotatable bonds is 2. The number of amides is 2. The molecule has 19 heavy (non-hydrogen) atoms. The summed E-state index contributed by atoms with van der Waals surface area (Å²) in [6.07, 6.45) is 5.22. The van der Waals surface area contributed by atoms with Crippen molar-refractivity contribution in [1.82, 2.24) is 10.2 Å². The number of aliphatic hydroxyl groups is 1. The standard InChI is InChI=1S/C13H22N2O4/c16-11-7-3-1-2-5-9(11)14-13(19)15-8-4-6-10(15)12(17)18/h9-11,16H,1-8H2,(H,14,19)(H,17,18)/t9?,10-,11?/m0/s1. The quantitative estimate of drug-likeness (QED) is 0.651. The van der Waals surface area contributed by atoms with Crippen LogP contribution in [-0.4, -0.2) is 51.8 Å². The highest BCUT2D eigenvalue weighted by atomic mass is 16.4. The van der Waals surface area contributed by atoms with Crippen molar-refractivity contribution in [2.75, 3.05) is 6.54 Å². The Morgan fingerprint density at radius 3 is 2.53 bits per heavy atom. The Labute approximate surface area is 112 Å². The van der Waals surface area contributed by atoms with Crippen molar-refractivity contribution in [1.29, 1.82) is 0 Å². The molecule has 3 atom stereocenters. The van der Waals surface area contributed by atoms with Crippen molar-refractivity contribution in [2.45, 2.75) is 63.1 Å². The number of urea groups is 1. The molecule has 1 aliphatic heterocycles. The van der Waals surface area contributed by atoms with Crippen molar-refractivity contribution in [3.05, 3.63) is 0 Å². The van der Waals surface area contributed by atoms with E-state index < -0.39 is 18.1 Å². The molecule has 0 spiro atoms. The van der Waals surface area contributed by atoms with Crippen LogP contribution >= 0.6 is 0 Å². The third-order valence-electron chi connectivity index (χ3n) is 4.09. The summed E-state index contributed by atoms with van der Waals surface area (Å²) in [6.45, 7) is 0.478. The van der Waals surface area contributed by atoms with Crippen LogP contribution in [0.3, 0.4) is 0 Å². The fourth-order valence-electron chi connectivity index (χ4n) is 2.96. The number of carboxylic acid groups (broad SMARTS) is 1. The molecule has 0 aromatic carbocycles. The average Bonchev–Trinajstić information content (AvgIpc) is 2.78. The summed E-state index contributed by atoms with van der Waals surface area (Å²) in [6, 6.07) is -1.32. The number of aliphatic hydroxyl groups excluding tert-OH is 1. The smallest absolute Gasteiger partial charge is 0.326 e. The van der Waals surface area contributed by atoms with Gasteiger partial charge in [0, 0.05) is 6.54 Å². The van der Waals surface area contributed by atoms with Crippen LogP contribution in [0.25, 0.3) is 0 Å². The molecular formula is C13H22N2O4. The zero-order valence-electron chi connectivity index (χ0n) is 11.0. The molecule has 1 saturated heterocycles. The number of nitrogens with one attached hydrogen (secondary N) is 1. The number of carbonyl (C=O) groups is 2. The Bertz CT molecular complexity index is 348. The van der Waals surface area contributed by atoms with Crippen LogP contribution in [0, 0.1) is 0 Å². The molecule has 6 heteroatoms. The van der Waals surface area contributed by atoms with E-state index in [0.717, 1.165) is 32.1 Å². The van der Waals surface area contributed by atoms with Crippen molar-refractivity contribution < 1.29 is 19.8 Å². The first-order valence-corrected chi connectivity index (χ1v) is 7.07. The van der Waals surface area contributed by atoms with Gasteiger partial charge in [0.1, 0.15) is 6.04 Å². The van der Waals surface area contributed by atoms with E-state index >= 15 is 0 Å². The number of hydrogen-bond acceptors (Lipinski definition) is 3. The molecule has 0 bridgehead atoms. The first-order valence-electron chi connectivity index (χ1n) is 7.07. The van der Waals surface area contributed by atoms with Crippen LogP contribution < -0.4 is 5.32 Å². The number of nitrogens with zero attached hydrogens (tertiary/aromatic N) is 1. The SMILES string of the molecule is O=C(O)[C@@H]1CCCN1C(=O)NC1CCCCCC1O. The van der Waals surface area contributed by atoms with Gasteiger partial charge in [-0.3, -0.25) is 0 Å². The van der Waals surface area contributed by atoms with Crippen LogP contribution in [-0.2, 0) is 4.79 Å². The Kier molecular flexibility index (Phi) is 4.63. The lowest BCUT2D eigenvalue weighted by Gasteiger charge is -2.27. The van der Waals surface area contributed by atoms with Gasteiger partial charge < -0.3 is 20.4 Å². The highest BCUT2D eigenvalue weighted by molar-refractivity contribution is 5.83.